The summed E-state index contributed by atoms with van der Waals surface area (Å²) < 4.78 is 10.2. The van der Waals surface area contributed by atoms with Crippen LogP contribution in [0.3, 0.4) is 0 Å². The Morgan fingerprint density at radius 2 is 1.94 bits per heavy atom. The second kappa shape index (κ2) is 7.63. The van der Waals surface area contributed by atoms with Gasteiger partial charge in [-0.1, -0.05) is 18.0 Å². The van der Waals surface area contributed by atoms with E-state index in [1.807, 2.05) is 0 Å². The normalized spacial score (nSPS) is 10.3. The molecule has 18 heavy (non-hydrogen) atoms. The Morgan fingerprint density at radius 3 is 2.56 bits per heavy atom. The summed E-state index contributed by atoms with van der Waals surface area (Å²) in [5.74, 6) is 0.381. The van der Waals surface area contributed by atoms with E-state index in [1.54, 1.807) is 6.92 Å². The van der Waals surface area contributed by atoms with Gasteiger partial charge in [0.15, 0.2) is 11.5 Å². The summed E-state index contributed by atoms with van der Waals surface area (Å²) >= 11 is 0. The molecule has 0 atom stereocenters. The molecule has 0 aromatic carbocycles. The van der Waals surface area contributed by atoms with Gasteiger partial charge in [-0.25, -0.2) is 0 Å². The number of carbonyl (C=O) groups excluding carboxylic acids is 2. The van der Waals surface area contributed by atoms with Gasteiger partial charge in [0.25, 0.3) is 0 Å². The Morgan fingerprint density at radius 1 is 1.22 bits per heavy atom. The van der Waals surface area contributed by atoms with Crippen LogP contribution in [0.1, 0.15) is 56.4 Å². The van der Waals surface area contributed by atoms with Crippen molar-refractivity contribution in [3.8, 4) is 5.95 Å². The van der Waals surface area contributed by atoms with E-state index < -0.39 is 0 Å². The maximum atomic E-state index is 11.0. The molecule has 5 heteroatoms. The Balaban J connectivity index is 2.07. The van der Waals surface area contributed by atoms with Crippen molar-refractivity contribution >= 4 is 11.6 Å². The van der Waals surface area contributed by atoms with E-state index in [4.69, 9.17) is 9.26 Å². The fraction of sp³-hybridized carbons (Fsp3) is 0.615. The smallest absolute Gasteiger partial charge is 0.311 e. The van der Waals surface area contributed by atoms with Crippen molar-refractivity contribution in [2.75, 3.05) is 6.61 Å². The van der Waals surface area contributed by atoms with Gasteiger partial charge < -0.3 is 14.1 Å². The highest BCUT2D eigenvalue weighted by Gasteiger charge is 2.08. The summed E-state index contributed by atoms with van der Waals surface area (Å²) in [6.45, 7) is 3.57. The van der Waals surface area contributed by atoms with Crippen molar-refractivity contribution in [3.05, 3.63) is 11.8 Å². The fourth-order valence-electron chi connectivity index (χ4n) is 1.49. The number of nitrogens with zero attached hydrogens (tertiary/aromatic N) is 1. The molecule has 0 N–H and O–H groups in total. The maximum Gasteiger partial charge on any atom is 0.311 e. The highest BCUT2D eigenvalue weighted by atomic mass is 16.6. The standard InChI is InChI=1S/C13H19NO4/c1-10(15)7-5-3-4-6-8-17-13-9-12(11(2)16)14-18-13/h9H,3-8H2,1-2H3. The minimum atomic E-state index is -0.141. The molecule has 1 rings (SSSR count). The summed E-state index contributed by atoms with van der Waals surface area (Å²) in [4.78, 5) is 21.7. The van der Waals surface area contributed by atoms with Crippen molar-refractivity contribution in [3.63, 3.8) is 0 Å². The minimum absolute atomic E-state index is 0.141. The number of carbonyl (C=O) groups is 2. The van der Waals surface area contributed by atoms with Crippen molar-refractivity contribution in [1.82, 2.24) is 5.16 Å². The summed E-state index contributed by atoms with van der Waals surface area (Å²) in [6.07, 6.45) is 4.53. The zero-order chi connectivity index (χ0) is 13.4. The molecule has 0 radical (unpaired) electrons. The van der Waals surface area contributed by atoms with Gasteiger partial charge in [0.1, 0.15) is 5.78 Å². The second-order valence-corrected chi connectivity index (χ2v) is 4.30. The van der Waals surface area contributed by atoms with Crippen molar-refractivity contribution in [1.29, 1.82) is 0 Å². The monoisotopic (exact) mass is 253 g/mol. The molecule has 0 saturated carbocycles. The zero-order valence-electron chi connectivity index (χ0n) is 10.9. The topological polar surface area (TPSA) is 69.4 Å². The second-order valence-electron chi connectivity index (χ2n) is 4.30. The van der Waals surface area contributed by atoms with E-state index in [9.17, 15) is 9.59 Å². The van der Waals surface area contributed by atoms with Crippen LogP contribution in [0.25, 0.3) is 0 Å². The molecule has 0 fully saturated rings. The molecule has 0 unspecified atom stereocenters. The van der Waals surface area contributed by atoms with Crippen molar-refractivity contribution in [2.24, 2.45) is 0 Å². The molecule has 5 nitrogen and oxygen atoms in total. The molecule has 1 aromatic rings. The van der Waals surface area contributed by atoms with Crippen molar-refractivity contribution in [2.45, 2.75) is 46.0 Å². The van der Waals surface area contributed by atoms with Gasteiger partial charge in [0.05, 0.1) is 12.7 Å². The highest BCUT2D eigenvalue weighted by Crippen LogP contribution is 2.13. The van der Waals surface area contributed by atoms with E-state index in [2.05, 4.69) is 5.16 Å². The average Bonchev–Trinajstić information content (AvgIpc) is 2.76. The summed E-state index contributed by atoms with van der Waals surface area (Å²) in [5, 5.41) is 3.58. The Labute approximate surface area is 106 Å². The summed E-state index contributed by atoms with van der Waals surface area (Å²) in [6, 6.07) is 1.50. The SMILES string of the molecule is CC(=O)CCCCCCOc1cc(C(C)=O)no1. The van der Waals surface area contributed by atoms with Gasteiger partial charge in [0, 0.05) is 13.3 Å². The quantitative estimate of drug-likeness (QED) is 0.500. The van der Waals surface area contributed by atoms with E-state index in [1.165, 1.54) is 13.0 Å². The molecular weight excluding hydrogens is 234 g/mol. The molecular formula is C13H19NO4. The van der Waals surface area contributed by atoms with Gasteiger partial charge in [-0.2, -0.15) is 0 Å². The predicted molar refractivity (Wildman–Crippen MR) is 65.8 cm³/mol. The number of hydrogen-bond acceptors (Lipinski definition) is 5. The lowest BCUT2D eigenvalue weighted by Crippen LogP contribution is -1.97. The fourth-order valence-corrected chi connectivity index (χ4v) is 1.49. The van der Waals surface area contributed by atoms with Crippen LogP contribution < -0.4 is 4.74 Å². The van der Waals surface area contributed by atoms with Crippen LogP contribution in [0, 0.1) is 0 Å². The van der Waals surface area contributed by atoms with Gasteiger partial charge in [-0.05, 0) is 19.8 Å². The van der Waals surface area contributed by atoms with Crippen LogP contribution in [0.4, 0.5) is 0 Å². The molecule has 0 aliphatic heterocycles. The first-order chi connectivity index (χ1) is 8.59. The molecule has 0 bridgehead atoms. The van der Waals surface area contributed by atoms with Crippen molar-refractivity contribution < 1.29 is 18.8 Å². The van der Waals surface area contributed by atoms with Gasteiger partial charge in [0.2, 0.25) is 0 Å². The van der Waals surface area contributed by atoms with E-state index >= 15 is 0 Å². The lowest BCUT2D eigenvalue weighted by Gasteiger charge is -2.01. The van der Waals surface area contributed by atoms with E-state index in [0.717, 1.165) is 25.7 Å². The van der Waals surface area contributed by atoms with Crippen LogP contribution in [0.15, 0.2) is 10.6 Å². The molecule has 0 saturated heterocycles. The Bertz CT molecular complexity index is 397. The first-order valence-corrected chi connectivity index (χ1v) is 6.19. The van der Waals surface area contributed by atoms with Gasteiger partial charge >= 0.3 is 5.95 Å². The van der Waals surface area contributed by atoms with E-state index in [-0.39, 0.29) is 23.2 Å². The number of ketones is 2. The molecule has 100 valence electrons. The molecule has 1 aromatic heterocycles. The average molecular weight is 253 g/mol. The van der Waals surface area contributed by atoms with E-state index in [0.29, 0.717) is 13.0 Å². The first-order valence-electron chi connectivity index (χ1n) is 6.19. The third-order valence-electron chi connectivity index (χ3n) is 2.52. The van der Waals surface area contributed by atoms with Crippen LogP contribution in [-0.2, 0) is 4.79 Å². The number of hydrogen-bond donors (Lipinski definition) is 0. The molecule has 1 heterocycles. The van der Waals surface area contributed by atoms with Gasteiger partial charge in [-0.3, -0.25) is 4.79 Å². The Kier molecular flexibility index (Phi) is 6.11. The number of unbranched alkanes of at least 4 members (excludes halogenated alkanes) is 3. The van der Waals surface area contributed by atoms with Gasteiger partial charge in [-0.15, -0.1) is 0 Å². The number of rotatable bonds is 9. The first kappa shape index (κ1) is 14.4. The van der Waals surface area contributed by atoms with Crippen LogP contribution >= 0.6 is 0 Å². The molecule has 0 aliphatic carbocycles. The van der Waals surface area contributed by atoms with Crippen LogP contribution in [0.2, 0.25) is 0 Å². The number of ether oxygens (including phenoxy) is 1. The lowest BCUT2D eigenvalue weighted by molar-refractivity contribution is -0.117. The highest BCUT2D eigenvalue weighted by molar-refractivity contribution is 5.92. The number of Topliss-reactive ketones (excluding diaryl/α,β-unsaturated/α-hetero) is 2. The summed E-state index contributed by atoms with van der Waals surface area (Å²) in [7, 11) is 0. The largest absolute Gasteiger partial charge is 0.464 e. The molecule has 0 amide bonds. The molecule has 0 spiro atoms. The summed E-state index contributed by atoms with van der Waals surface area (Å²) in [5.41, 5.74) is 0.284. The third-order valence-corrected chi connectivity index (χ3v) is 2.52. The van der Waals surface area contributed by atoms with Crippen LogP contribution in [-0.4, -0.2) is 23.3 Å². The third kappa shape index (κ3) is 5.61. The molecule has 0 aliphatic rings. The Hall–Kier alpha value is -1.65. The zero-order valence-corrected chi connectivity index (χ0v) is 10.9. The van der Waals surface area contributed by atoms with Crippen LogP contribution in [0.5, 0.6) is 5.95 Å². The number of aromatic nitrogens is 1. The predicted octanol–water partition coefficient (Wildman–Crippen LogP) is 2.80. The lowest BCUT2D eigenvalue weighted by atomic mass is 10.1. The minimum Gasteiger partial charge on any atom is -0.464 e. The maximum absolute atomic E-state index is 11.0.